The number of nitrogens with one attached hydrogen (secondary N) is 1. The van der Waals surface area contributed by atoms with Gasteiger partial charge in [0.1, 0.15) is 0 Å². The Bertz CT molecular complexity index is 1540. The first-order chi connectivity index (χ1) is 19.8. The van der Waals surface area contributed by atoms with Crippen molar-refractivity contribution in [2.45, 2.75) is 13.1 Å². The fourth-order valence-electron chi connectivity index (χ4n) is 5.18. The summed E-state index contributed by atoms with van der Waals surface area (Å²) < 4.78 is 5.46. The molecule has 4 N–H and O–H groups in total. The zero-order chi connectivity index (χ0) is 29.1. The van der Waals surface area contributed by atoms with E-state index in [1.54, 1.807) is 31.5 Å². The molecule has 1 fully saturated rings. The molecule has 1 saturated heterocycles. The van der Waals surface area contributed by atoms with Gasteiger partial charge in [-0.3, -0.25) is 14.8 Å². The fourth-order valence-corrected chi connectivity index (χ4v) is 5.83. The van der Waals surface area contributed by atoms with Crippen molar-refractivity contribution in [1.29, 1.82) is 0 Å². The summed E-state index contributed by atoms with van der Waals surface area (Å²) >= 11 is 13.1. The maximum absolute atomic E-state index is 13.6. The molecule has 3 aromatic carbocycles. The average Bonchev–Trinajstić information content (AvgIpc) is 2.98. The second kappa shape index (κ2) is 12.3. The van der Waals surface area contributed by atoms with Gasteiger partial charge in [0.15, 0.2) is 0 Å². The largest absolute Gasteiger partial charge is 0.478 e. The van der Waals surface area contributed by atoms with Crippen LogP contribution in [0, 0.1) is 0 Å². The molecule has 0 aromatic heterocycles. The predicted molar refractivity (Wildman–Crippen MR) is 162 cm³/mol. The van der Waals surface area contributed by atoms with Gasteiger partial charge in [0.2, 0.25) is 0 Å². The molecule has 11 heteroatoms. The first-order valence-corrected chi connectivity index (χ1v) is 13.8. The van der Waals surface area contributed by atoms with Gasteiger partial charge in [-0.1, -0.05) is 47.5 Å². The monoisotopic (exact) mass is 593 g/mol. The number of rotatable bonds is 6. The highest BCUT2D eigenvalue weighted by Crippen LogP contribution is 2.35. The molecule has 5 rings (SSSR count). The molecule has 1 amide bonds. The van der Waals surface area contributed by atoms with Crippen molar-refractivity contribution in [1.82, 2.24) is 10.4 Å². The molecule has 0 unspecified atom stereocenters. The van der Waals surface area contributed by atoms with E-state index in [2.05, 4.69) is 10.4 Å². The number of hydrogen-bond donors (Lipinski definition) is 3. The number of morpholine rings is 1. The van der Waals surface area contributed by atoms with Gasteiger partial charge in [-0.15, -0.1) is 0 Å². The number of carbonyl (C=O) groups excluding carboxylic acids is 1. The Balaban J connectivity index is 1.44. The van der Waals surface area contributed by atoms with Crippen molar-refractivity contribution in [3.05, 3.63) is 92.6 Å². The van der Waals surface area contributed by atoms with Crippen LogP contribution in [0.4, 0.5) is 5.69 Å². The Hall–Kier alpha value is -3.89. The average molecular weight is 594 g/mol. The van der Waals surface area contributed by atoms with Crippen LogP contribution >= 0.6 is 23.2 Å². The number of anilines is 1. The molecule has 0 atom stereocenters. The van der Waals surface area contributed by atoms with Crippen molar-refractivity contribution < 1.29 is 19.4 Å². The quantitative estimate of drug-likeness (QED) is 0.349. The molecule has 3 aromatic rings. The van der Waals surface area contributed by atoms with E-state index in [0.29, 0.717) is 49.7 Å². The fraction of sp³-hybridized carbons (Fsp3) is 0.233. The standard InChI is InChI=1S/C30H29Cl2N5O4/c1-34-15-21(14-33)20-11-25(31)28(26(32)12-20)29(38)37-17-19-3-2-4-22(24(19)16-35-37)18-5-6-23(30(39)40)27(13-18)36-7-9-41-10-8-36/h2-6,11-15,35H,7-10,16-17,33H2,1H3,(H,39,40). The minimum absolute atomic E-state index is 0.188. The minimum atomic E-state index is -0.969. The molecule has 0 spiro atoms. The lowest BCUT2D eigenvalue weighted by molar-refractivity contribution is 0.0612. The van der Waals surface area contributed by atoms with Crippen LogP contribution in [0.25, 0.3) is 16.7 Å². The number of amides is 1. The number of carbonyl (C=O) groups is 2. The summed E-state index contributed by atoms with van der Waals surface area (Å²) in [5.41, 5.74) is 15.2. The molecule has 2 heterocycles. The Labute approximate surface area is 247 Å². The summed E-state index contributed by atoms with van der Waals surface area (Å²) in [5.74, 6) is -1.33. The van der Waals surface area contributed by atoms with E-state index in [4.69, 9.17) is 33.7 Å². The lowest BCUT2D eigenvalue weighted by atomic mass is 9.92. The van der Waals surface area contributed by atoms with E-state index in [9.17, 15) is 14.7 Å². The number of carboxylic acid groups (broad SMARTS) is 1. The maximum atomic E-state index is 13.6. The van der Waals surface area contributed by atoms with Crippen LogP contribution in [-0.2, 0) is 17.8 Å². The van der Waals surface area contributed by atoms with E-state index in [1.807, 2.05) is 35.2 Å². The molecule has 41 heavy (non-hydrogen) atoms. The smallest absolute Gasteiger partial charge is 0.337 e. The normalized spacial score (nSPS) is 15.7. The third-order valence-corrected chi connectivity index (χ3v) is 7.82. The number of fused-ring (bicyclic) bond motifs is 1. The van der Waals surface area contributed by atoms with Crippen LogP contribution in [0.5, 0.6) is 0 Å². The third kappa shape index (κ3) is 5.80. The van der Waals surface area contributed by atoms with Gasteiger partial charge in [-0.05, 0) is 52.1 Å². The number of hydrazine groups is 1. The third-order valence-electron chi connectivity index (χ3n) is 7.22. The van der Waals surface area contributed by atoms with Gasteiger partial charge in [0, 0.05) is 44.7 Å². The van der Waals surface area contributed by atoms with E-state index in [-0.39, 0.29) is 33.6 Å². The summed E-state index contributed by atoms with van der Waals surface area (Å²) in [6.07, 6.45) is 2.99. The van der Waals surface area contributed by atoms with Crippen molar-refractivity contribution in [2.75, 3.05) is 38.3 Å². The second-order valence-electron chi connectivity index (χ2n) is 9.63. The summed E-state index contributed by atoms with van der Waals surface area (Å²) in [6.45, 7) is 3.01. The second-order valence-corrected chi connectivity index (χ2v) is 10.4. The number of nitrogens with zero attached hydrogens (tertiary/aromatic N) is 3. The molecule has 0 bridgehead atoms. The number of benzene rings is 3. The van der Waals surface area contributed by atoms with Crippen LogP contribution in [0.15, 0.2) is 59.7 Å². The SMILES string of the molecule is CN=CC(=CN)c1cc(Cl)c(C(=O)N2Cc3cccc(-c4ccc(C(=O)O)c(N5CCOCC5)c4)c3CN2)c(Cl)c1. The van der Waals surface area contributed by atoms with Crippen LogP contribution in [0.1, 0.15) is 37.4 Å². The Morgan fingerprint density at radius 1 is 1.10 bits per heavy atom. The number of aliphatic imine (C=N–C) groups is 1. The van der Waals surface area contributed by atoms with Gasteiger partial charge in [-0.2, -0.15) is 0 Å². The zero-order valence-electron chi connectivity index (χ0n) is 22.4. The summed E-state index contributed by atoms with van der Waals surface area (Å²) in [6, 6.07) is 14.6. The van der Waals surface area contributed by atoms with Crippen molar-refractivity contribution in [2.24, 2.45) is 10.7 Å². The van der Waals surface area contributed by atoms with E-state index in [1.165, 1.54) is 11.2 Å². The lowest BCUT2D eigenvalue weighted by Gasteiger charge is -2.32. The van der Waals surface area contributed by atoms with Gasteiger partial charge >= 0.3 is 5.97 Å². The molecular formula is C30H29Cl2N5O4. The maximum Gasteiger partial charge on any atom is 0.337 e. The van der Waals surface area contributed by atoms with Gasteiger partial charge in [-0.25, -0.2) is 10.2 Å². The van der Waals surface area contributed by atoms with Gasteiger partial charge < -0.3 is 20.5 Å². The Morgan fingerprint density at radius 2 is 1.83 bits per heavy atom. The highest BCUT2D eigenvalue weighted by Gasteiger charge is 2.28. The highest BCUT2D eigenvalue weighted by atomic mass is 35.5. The topological polar surface area (TPSA) is 120 Å². The Kier molecular flexibility index (Phi) is 8.60. The van der Waals surface area contributed by atoms with E-state index >= 15 is 0 Å². The van der Waals surface area contributed by atoms with Crippen molar-refractivity contribution >= 4 is 52.6 Å². The van der Waals surface area contributed by atoms with Crippen molar-refractivity contribution in [3.8, 4) is 11.1 Å². The van der Waals surface area contributed by atoms with Gasteiger partial charge in [0.25, 0.3) is 5.91 Å². The number of ether oxygens (including phenoxy) is 1. The number of aromatic carboxylic acids is 1. The summed E-state index contributed by atoms with van der Waals surface area (Å²) in [4.78, 5) is 31.6. The van der Waals surface area contributed by atoms with Crippen LogP contribution in [-0.4, -0.2) is 61.6 Å². The van der Waals surface area contributed by atoms with E-state index < -0.39 is 5.97 Å². The lowest BCUT2D eigenvalue weighted by Crippen LogP contribution is -2.45. The zero-order valence-corrected chi connectivity index (χ0v) is 23.9. The summed E-state index contributed by atoms with van der Waals surface area (Å²) in [7, 11) is 1.63. The number of nitrogens with two attached hydrogens (primary N) is 1. The van der Waals surface area contributed by atoms with Crippen LogP contribution in [0.3, 0.4) is 0 Å². The summed E-state index contributed by atoms with van der Waals surface area (Å²) in [5, 5.41) is 11.7. The number of allylic oxidation sites excluding steroid dienone is 1. The first-order valence-electron chi connectivity index (χ1n) is 13.0. The number of carboxylic acids is 1. The van der Waals surface area contributed by atoms with Crippen LogP contribution < -0.4 is 16.1 Å². The number of halogens is 2. The number of hydrogen-bond acceptors (Lipinski definition) is 7. The molecule has 0 radical (unpaired) electrons. The molecule has 0 aliphatic carbocycles. The van der Waals surface area contributed by atoms with E-state index in [0.717, 1.165) is 22.3 Å². The molecule has 9 nitrogen and oxygen atoms in total. The van der Waals surface area contributed by atoms with Crippen molar-refractivity contribution in [3.63, 3.8) is 0 Å². The molecule has 2 aliphatic rings. The predicted octanol–water partition coefficient (Wildman–Crippen LogP) is 4.86. The molecule has 2 aliphatic heterocycles. The molecule has 0 saturated carbocycles. The van der Waals surface area contributed by atoms with Gasteiger partial charge in [0.05, 0.1) is 46.6 Å². The highest BCUT2D eigenvalue weighted by molar-refractivity contribution is 6.40. The molecular weight excluding hydrogens is 565 g/mol. The minimum Gasteiger partial charge on any atom is -0.478 e. The Morgan fingerprint density at radius 3 is 2.49 bits per heavy atom. The first kappa shape index (κ1) is 28.6. The molecule has 212 valence electrons. The van der Waals surface area contributed by atoms with Crippen LogP contribution in [0.2, 0.25) is 10.0 Å².